The Morgan fingerprint density at radius 2 is 2.04 bits per heavy atom. The van der Waals surface area contributed by atoms with E-state index in [0.717, 1.165) is 18.4 Å². The summed E-state index contributed by atoms with van der Waals surface area (Å²) in [6, 6.07) is 2.44. The molecule has 1 aromatic carbocycles. The summed E-state index contributed by atoms with van der Waals surface area (Å²) in [6.45, 7) is 3.02. The number of amides is 1. The van der Waals surface area contributed by atoms with Gasteiger partial charge in [-0.15, -0.1) is 0 Å². The number of rotatable bonds is 8. The molecule has 1 fully saturated rings. The van der Waals surface area contributed by atoms with Gasteiger partial charge in [0.05, 0.1) is 21.8 Å². The maximum absolute atomic E-state index is 12.4. The maximum atomic E-state index is 12.4. The quantitative estimate of drug-likeness (QED) is 0.629. The number of sulfonamides is 1. The minimum atomic E-state index is -3.79. The lowest BCUT2D eigenvalue weighted by molar-refractivity contribution is 0.0952. The van der Waals surface area contributed by atoms with Crippen LogP contribution in [0.4, 0.5) is 0 Å². The van der Waals surface area contributed by atoms with Crippen molar-refractivity contribution in [3.8, 4) is 0 Å². The normalized spacial score (nSPS) is 14.3. The summed E-state index contributed by atoms with van der Waals surface area (Å²) >= 11 is 12.1. The number of hydrogen-bond donors (Lipinski definition) is 2. The van der Waals surface area contributed by atoms with E-state index in [4.69, 9.17) is 23.2 Å². The highest BCUT2D eigenvalue weighted by atomic mass is 35.5. The predicted molar refractivity (Wildman–Crippen MR) is 104 cm³/mol. The molecule has 1 saturated carbocycles. The Kier molecular flexibility index (Phi) is 6.10. The van der Waals surface area contributed by atoms with Gasteiger partial charge in [0.15, 0.2) is 0 Å². The average Bonchev–Trinajstić information content (AvgIpc) is 3.29. The van der Waals surface area contributed by atoms with Gasteiger partial charge in [-0.2, -0.15) is 5.10 Å². The fraction of sp³-hybridized carbons (Fsp3) is 0.412. The zero-order valence-corrected chi connectivity index (χ0v) is 17.0. The van der Waals surface area contributed by atoms with Crippen LogP contribution in [0.2, 0.25) is 10.0 Å². The lowest BCUT2D eigenvalue weighted by Gasteiger charge is -2.12. The summed E-state index contributed by atoms with van der Waals surface area (Å²) in [5, 5.41) is 7.01. The predicted octanol–water partition coefficient (Wildman–Crippen LogP) is 2.76. The summed E-state index contributed by atoms with van der Waals surface area (Å²) in [5.41, 5.74) is 1.15. The molecule has 3 rings (SSSR count). The van der Waals surface area contributed by atoms with Gasteiger partial charge in [-0.1, -0.05) is 23.2 Å². The first-order chi connectivity index (χ1) is 12.8. The van der Waals surface area contributed by atoms with Crippen molar-refractivity contribution in [3.63, 3.8) is 0 Å². The molecule has 146 valence electrons. The van der Waals surface area contributed by atoms with Crippen LogP contribution in [0.15, 0.2) is 29.4 Å². The molecule has 1 aromatic heterocycles. The highest BCUT2D eigenvalue weighted by Crippen LogP contribution is 2.30. The lowest BCUT2D eigenvalue weighted by Crippen LogP contribution is -2.28. The molecule has 10 heteroatoms. The molecule has 0 bridgehead atoms. The van der Waals surface area contributed by atoms with Crippen LogP contribution >= 0.6 is 23.2 Å². The van der Waals surface area contributed by atoms with Crippen molar-refractivity contribution < 1.29 is 13.2 Å². The monoisotopic (exact) mass is 430 g/mol. The van der Waals surface area contributed by atoms with Gasteiger partial charge in [0.2, 0.25) is 10.0 Å². The van der Waals surface area contributed by atoms with Gasteiger partial charge in [-0.05, 0) is 43.9 Å². The number of nitrogens with one attached hydrogen (secondary N) is 2. The number of aromatic nitrogens is 2. The van der Waals surface area contributed by atoms with E-state index in [1.807, 2.05) is 13.1 Å². The molecule has 0 atom stereocenters. The van der Waals surface area contributed by atoms with Crippen LogP contribution in [-0.2, 0) is 16.6 Å². The molecule has 2 aromatic rings. The van der Waals surface area contributed by atoms with Gasteiger partial charge in [-0.25, -0.2) is 13.1 Å². The third-order valence-corrected chi connectivity index (χ3v) is 6.36. The van der Waals surface area contributed by atoms with Gasteiger partial charge in [0.1, 0.15) is 4.90 Å². The molecule has 0 saturated heterocycles. The largest absolute Gasteiger partial charge is 0.352 e. The summed E-state index contributed by atoms with van der Waals surface area (Å²) in [4.78, 5) is 12.3. The minimum absolute atomic E-state index is 0.0150. The van der Waals surface area contributed by atoms with Gasteiger partial charge in [-0.3, -0.25) is 9.48 Å². The first-order valence-corrected chi connectivity index (χ1v) is 10.8. The molecular weight excluding hydrogens is 411 g/mol. The van der Waals surface area contributed by atoms with Crippen molar-refractivity contribution in [2.45, 2.75) is 43.7 Å². The molecule has 1 aliphatic rings. The van der Waals surface area contributed by atoms with E-state index >= 15 is 0 Å². The molecule has 27 heavy (non-hydrogen) atoms. The molecule has 0 unspecified atom stereocenters. The smallest absolute Gasteiger partial charge is 0.252 e. The Balaban J connectivity index is 1.65. The van der Waals surface area contributed by atoms with Gasteiger partial charge in [0.25, 0.3) is 5.91 Å². The van der Waals surface area contributed by atoms with Crippen LogP contribution in [0, 0.1) is 6.92 Å². The van der Waals surface area contributed by atoms with Crippen LogP contribution in [-0.4, -0.2) is 36.7 Å². The number of carbonyl (C=O) groups excluding carboxylic acids is 1. The van der Waals surface area contributed by atoms with Crippen molar-refractivity contribution >= 4 is 39.1 Å². The second-order valence-corrected chi connectivity index (χ2v) is 9.05. The molecule has 0 spiro atoms. The van der Waals surface area contributed by atoms with Crippen LogP contribution in [0.25, 0.3) is 0 Å². The fourth-order valence-corrected chi connectivity index (χ4v) is 4.68. The molecule has 0 aliphatic heterocycles. The molecule has 7 nitrogen and oxygen atoms in total. The molecular formula is C17H20Cl2N4O3S. The number of halogens is 2. The van der Waals surface area contributed by atoms with E-state index in [1.165, 1.54) is 12.1 Å². The van der Waals surface area contributed by atoms with E-state index < -0.39 is 15.9 Å². The lowest BCUT2D eigenvalue weighted by atomic mass is 10.2. The Hall–Kier alpha value is -1.61. The Bertz CT molecular complexity index is 955. The minimum Gasteiger partial charge on any atom is -0.352 e. The highest BCUT2D eigenvalue weighted by Gasteiger charge is 2.30. The van der Waals surface area contributed by atoms with Crippen LogP contribution < -0.4 is 10.0 Å². The van der Waals surface area contributed by atoms with Crippen molar-refractivity contribution in [2.75, 3.05) is 6.54 Å². The van der Waals surface area contributed by atoms with Crippen LogP contribution in [0.5, 0.6) is 0 Å². The highest BCUT2D eigenvalue weighted by molar-refractivity contribution is 7.89. The van der Waals surface area contributed by atoms with Crippen molar-refractivity contribution in [1.82, 2.24) is 19.8 Å². The maximum Gasteiger partial charge on any atom is 0.252 e. The van der Waals surface area contributed by atoms with E-state index in [-0.39, 0.29) is 26.5 Å². The van der Waals surface area contributed by atoms with E-state index in [9.17, 15) is 13.2 Å². The Morgan fingerprint density at radius 1 is 1.30 bits per heavy atom. The third kappa shape index (κ3) is 5.22. The van der Waals surface area contributed by atoms with E-state index in [0.29, 0.717) is 19.5 Å². The number of carbonyl (C=O) groups is 1. The number of benzene rings is 1. The van der Waals surface area contributed by atoms with Crippen LogP contribution in [0.3, 0.4) is 0 Å². The number of hydrogen-bond acceptors (Lipinski definition) is 4. The number of nitrogens with zero attached hydrogens (tertiary/aromatic N) is 2. The summed E-state index contributed by atoms with van der Waals surface area (Å²) in [7, 11) is -3.79. The van der Waals surface area contributed by atoms with E-state index in [2.05, 4.69) is 15.1 Å². The summed E-state index contributed by atoms with van der Waals surface area (Å²) < 4.78 is 29.2. The molecule has 1 heterocycles. The Labute approximate surface area is 168 Å². The zero-order valence-electron chi connectivity index (χ0n) is 14.7. The zero-order chi connectivity index (χ0) is 19.6. The molecule has 1 amide bonds. The average molecular weight is 431 g/mol. The van der Waals surface area contributed by atoms with Crippen LogP contribution in [0.1, 0.15) is 35.2 Å². The standard InChI is InChI=1S/C17H20Cl2N4O3S/c1-11-9-21-23(10-11)6-2-5-20-17(24)13-7-16(15(19)8-14(13)18)27(25,26)22-12-3-4-12/h7-10,12,22H,2-6H2,1H3,(H,20,24). The first kappa shape index (κ1) is 20.1. The molecule has 1 aliphatic carbocycles. The van der Waals surface area contributed by atoms with Crippen molar-refractivity contribution in [2.24, 2.45) is 0 Å². The number of aryl methyl sites for hydroxylation is 2. The second kappa shape index (κ2) is 8.18. The van der Waals surface area contributed by atoms with E-state index in [1.54, 1.807) is 10.9 Å². The molecule has 2 N–H and O–H groups in total. The van der Waals surface area contributed by atoms with Crippen molar-refractivity contribution in [3.05, 3.63) is 45.7 Å². The SMILES string of the molecule is Cc1cnn(CCCNC(=O)c2cc(S(=O)(=O)NC3CC3)c(Cl)cc2Cl)c1. The van der Waals surface area contributed by atoms with Gasteiger partial charge in [0, 0.05) is 25.3 Å². The first-order valence-electron chi connectivity index (χ1n) is 8.55. The topological polar surface area (TPSA) is 93.1 Å². The molecule has 0 radical (unpaired) electrons. The fourth-order valence-electron chi connectivity index (χ4n) is 2.52. The van der Waals surface area contributed by atoms with Crippen molar-refractivity contribution in [1.29, 1.82) is 0 Å². The van der Waals surface area contributed by atoms with Gasteiger partial charge < -0.3 is 5.32 Å². The van der Waals surface area contributed by atoms with Gasteiger partial charge >= 0.3 is 0 Å². The third-order valence-electron chi connectivity index (χ3n) is 4.07. The summed E-state index contributed by atoms with van der Waals surface area (Å²) in [5.74, 6) is -0.448. The summed E-state index contributed by atoms with van der Waals surface area (Å²) in [6.07, 6.45) is 5.96. The Morgan fingerprint density at radius 3 is 2.67 bits per heavy atom. The second-order valence-electron chi connectivity index (χ2n) is 6.55.